The zero-order valence-electron chi connectivity index (χ0n) is 12.5. The first kappa shape index (κ1) is 16.5. The second-order valence-corrected chi connectivity index (χ2v) is 6.02. The molecule has 21 heavy (non-hydrogen) atoms. The van der Waals surface area contributed by atoms with Gasteiger partial charge in [0.15, 0.2) is 0 Å². The highest BCUT2D eigenvalue weighted by atomic mass is 35.5. The molecule has 0 N–H and O–H groups in total. The predicted molar refractivity (Wildman–Crippen MR) is 86.1 cm³/mol. The van der Waals surface area contributed by atoms with Gasteiger partial charge >= 0.3 is 0 Å². The number of hydrogen-bond acceptors (Lipinski definition) is 3. The molecule has 1 aromatic rings. The van der Waals surface area contributed by atoms with Crippen molar-refractivity contribution < 1.29 is 4.79 Å². The minimum absolute atomic E-state index is 0.0146. The summed E-state index contributed by atoms with van der Waals surface area (Å²) >= 11 is 11.7. The van der Waals surface area contributed by atoms with Crippen LogP contribution >= 0.6 is 23.2 Å². The van der Waals surface area contributed by atoms with Crippen molar-refractivity contribution in [3.8, 4) is 0 Å². The summed E-state index contributed by atoms with van der Waals surface area (Å²) in [5.41, 5.74) is 0.515. The number of pyridine rings is 1. The van der Waals surface area contributed by atoms with E-state index in [2.05, 4.69) is 23.7 Å². The number of likely N-dealkylation sites (tertiary alicyclic amines) is 1. The maximum Gasteiger partial charge on any atom is 0.254 e. The SMILES string of the molecule is CCN(CC)C1CCN(C(=O)c2cc(Cl)nc(Cl)c2)CC1. The number of carbonyl (C=O) groups is 1. The monoisotopic (exact) mass is 329 g/mol. The van der Waals surface area contributed by atoms with E-state index < -0.39 is 0 Å². The normalized spacial score (nSPS) is 16.5. The van der Waals surface area contributed by atoms with E-state index in [4.69, 9.17) is 23.2 Å². The van der Waals surface area contributed by atoms with Gasteiger partial charge in [-0.05, 0) is 38.1 Å². The second kappa shape index (κ2) is 7.43. The number of halogens is 2. The van der Waals surface area contributed by atoms with Gasteiger partial charge in [0.2, 0.25) is 0 Å². The minimum Gasteiger partial charge on any atom is -0.339 e. The third-order valence-corrected chi connectivity index (χ3v) is 4.48. The van der Waals surface area contributed by atoms with Gasteiger partial charge in [-0.2, -0.15) is 0 Å². The molecule has 2 rings (SSSR count). The Hall–Kier alpha value is -0.840. The van der Waals surface area contributed by atoms with Crippen molar-refractivity contribution in [2.75, 3.05) is 26.2 Å². The van der Waals surface area contributed by atoms with Gasteiger partial charge in [0.25, 0.3) is 5.91 Å². The number of aromatic nitrogens is 1. The molecule has 1 aromatic heterocycles. The van der Waals surface area contributed by atoms with E-state index in [1.165, 1.54) is 0 Å². The second-order valence-electron chi connectivity index (χ2n) is 5.25. The number of piperidine rings is 1. The van der Waals surface area contributed by atoms with Crippen molar-refractivity contribution in [3.05, 3.63) is 28.0 Å². The fourth-order valence-electron chi connectivity index (χ4n) is 2.95. The van der Waals surface area contributed by atoms with E-state index >= 15 is 0 Å². The van der Waals surface area contributed by atoms with Crippen molar-refractivity contribution in [2.24, 2.45) is 0 Å². The Balaban J connectivity index is 2.00. The summed E-state index contributed by atoms with van der Waals surface area (Å²) in [6.07, 6.45) is 2.03. The van der Waals surface area contributed by atoms with Crippen LogP contribution in [0, 0.1) is 0 Å². The lowest BCUT2D eigenvalue weighted by Crippen LogP contribution is -2.46. The van der Waals surface area contributed by atoms with E-state index in [0.717, 1.165) is 39.0 Å². The zero-order chi connectivity index (χ0) is 15.4. The Bertz CT molecular complexity index is 477. The fourth-order valence-corrected chi connectivity index (χ4v) is 3.41. The van der Waals surface area contributed by atoms with Crippen LogP contribution in [0.1, 0.15) is 37.0 Å². The van der Waals surface area contributed by atoms with Crippen LogP contribution in [0.15, 0.2) is 12.1 Å². The van der Waals surface area contributed by atoms with Gasteiger partial charge in [0, 0.05) is 24.7 Å². The molecule has 0 radical (unpaired) electrons. The first-order chi connectivity index (χ1) is 10.0. The molecular formula is C15H21Cl2N3O. The third kappa shape index (κ3) is 4.09. The molecule has 1 saturated heterocycles. The molecule has 0 atom stereocenters. The average Bonchev–Trinajstić information content (AvgIpc) is 2.47. The van der Waals surface area contributed by atoms with E-state index in [1.54, 1.807) is 12.1 Å². The quantitative estimate of drug-likeness (QED) is 0.795. The van der Waals surface area contributed by atoms with E-state index in [9.17, 15) is 4.79 Å². The number of amides is 1. The molecule has 2 heterocycles. The molecule has 1 aliphatic rings. The van der Waals surface area contributed by atoms with E-state index in [1.807, 2.05) is 4.90 Å². The van der Waals surface area contributed by atoms with Crippen LogP contribution in [0.3, 0.4) is 0 Å². The Morgan fingerprint density at radius 2 is 1.76 bits per heavy atom. The van der Waals surface area contributed by atoms with Crippen molar-refractivity contribution in [3.63, 3.8) is 0 Å². The van der Waals surface area contributed by atoms with Crippen LogP contribution in [-0.2, 0) is 0 Å². The zero-order valence-corrected chi connectivity index (χ0v) is 14.0. The highest BCUT2D eigenvalue weighted by molar-refractivity contribution is 6.33. The first-order valence-electron chi connectivity index (χ1n) is 7.41. The van der Waals surface area contributed by atoms with Crippen LogP contribution in [-0.4, -0.2) is 52.9 Å². The van der Waals surface area contributed by atoms with Gasteiger partial charge in [-0.3, -0.25) is 4.79 Å². The highest BCUT2D eigenvalue weighted by Gasteiger charge is 2.26. The molecule has 0 unspecified atom stereocenters. The Morgan fingerprint density at radius 3 is 2.24 bits per heavy atom. The van der Waals surface area contributed by atoms with Crippen molar-refractivity contribution in [2.45, 2.75) is 32.7 Å². The summed E-state index contributed by atoms with van der Waals surface area (Å²) in [6, 6.07) is 3.73. The highest BCUT2D eigenvalue weighted by Crippen LogP contribution is 2.20. The predicted octanol–water partition coefficient (Wildman–Crippen LogP) is 3.33. The van der Waals surface area contributed by atoms with Crippen molar-refractivity contribution in [1.29, 1.82) is 0 Å². The topological polar surface area (TPSA) is 36.4 Å². The average molecular weight is 330 g/mol. The molecule has 0 saturated carbocycles. The van der Waals surface area contributed by atoms with Gasteiger partial charge in [-0.1, -0.05) is 37.0 Å². The van der Waals surface area contributed by atoms with E-state index in [-0.39, 0.29) is 16.2 Å². The molecule has 1 amide bonds. The van der Waals surface area contributed by atoms with Gasteiger partial charge in [-0.25, -0.2) is 4.98 Å². The standard InChI is InChI=1S/C15H21Cl2N3O/c1-3-19(4-2)12-5-7-20(8-6-12)15(21)11-9-13(16)18-14(17)10-11/h9-10,12H,3-8H2,1-2H3. The van der Waals surface area contributed by atoms with E-state index in [0.29, 0.717) is 11.6 Å². The maximum absolute atomic E-state index is 12.5. The summed E-state index contributed by atoms with van der Waals surface area (Å²) in [4.78, 5) is 20.7. The van der Waals surface area contributed by atoms with Crippen molar-refractivity contribution in [1.82, 2.24) is 14.8 Å². The van der Waals surface area contributed by atoms with Gasteiger partial charge < -0.3 is 9.80 Å². The van der Waals surface area contributed by atoms with Gasteiger partial charge in [0.05, 0.1) is 0 Å². The molecule has 4 nitrogen and oxygen atoms in total. The van der Waals surface area contributed by atoms with Gasteiger partial charge in [-0.15, -0.1) is 0 Å². The smallest absolute Gasteiger partial charge is 0.254 e. The number of carbonyl (C=O) groups excluding carboxylic acids is 1. The molecule has 1 aliphatic heterocycles. The van der Waals surface area contributed by atoms with Crippen LogP contribution < -0.4 is 0 Å². The molecule has 6 heteroatoms. The molecule has 116 valence electrons. The molecule has 0 bridgehead atoms. The molecule has 0 spiro atoms. The van der Waals surface area contributed by atoms with Crippen LogP contribution in [0.25, 0.3) is 0 Å². The Morgan fingerprint density at radius 1 is 1.24 bits per heavy atom. The van der Waals surface area contributed by atoms with Crippen LogP contribution in [0.2, 0.25) is 10.3 Å². The Labute approximate surface area is 136 Å². The van der Waals surface area contributed by atoms with Crippen LogP contribution in [0.4, 0.5) is 0 Å². The maximum atomic E-state index is 12.5. The lowest BCUT2D eigenvalue weighted by molar-refractivity contribution is 0.0631. The summed E-state index contributed by atoms with van der Waals surface area (Å²) < 4.78 is 0. The Kier molecular flexibility index (Phi) is 5.85. The third-order valence-electron chi connectivity index (χ3n) is 4.09. The van der Waals surface area contributed by atoms with Crippen molar-refractivity contribution >= 4 is 29.1 Å². The lowest BCUT2D eigenvalue weighted by Gasteiger charge is -2.37. The van der Waals surface area contributed by atoms with Crippen LogP contribution in [0.5, 0.6) is 0 Å². The fraction of sp³-hybridized carbons (Fsp3) is 0.600. The summed E-state index contributed by atoms with van der Waals surface area (Å²) in [5, 5.41) is 0.507. The summed E-state index contributed by atoms with van der Waals surface area (Å²) in [6.45, 7) is 8.04. The summed E-state index contributed by atoms with van der Waals surface area (Å²) in [5.74, 6) is -0.0146. The summed E-state index contributed by atoms with van der Waals surface area (Å²) in [7, 11) is 0. The molecule has 0 aromatic carbocycles. The number of hydrogen-bond donors (Lipinski definition) is 0. The molecule has 0 aliphatic carbocycles. The lowest BCUT2D eigenvalue weighted by atomic mass is 10.0. The first-order valence-corrected chi connectivity index (χ1v) is 8.17. The molecule has 1 fully saturated rings. The van der Waals surface area contributed by atoms with Gasteiger partial charge in [0.1, 0.15) is 10.3 Å². The number of nitrogens with zero attached hydrogens (tertiary/aromatic N) is 3. The number of rotatable bonds is 4. The largest absolute Gasteiger partial charge is 0.339 e. The minimum atomic E-state index is -0.0146. The molecular weight excluding hydrogens is 309 g/mol.